The number of benzene rings is 2. The van der Waals surface area contributed by atoms with Gasteiger partial charge in [0.2, 0.25) is 0 Å². The van der Waals surface area contributed by atoms with Gasteiger partial charge in [0, 0.05) is 11.6 Å². The van der Waals surface area contributed by atoms with Crippen molar-refractivity contribution in [2.45, 2.75) is 6.42 Å². The van der Waals surface area contributed by atoms with Crippen LogP contribution in [0.15, 0.2) is 36.4 Å². The average molecular weight is 234 g/mol. The maximum Gasteiger partial charge on any atom is 0.0412 e. The second kappa shape index (κ2) is 4.86. The Hall–Kier alpha value is -1.05. The zero-order valence-corrected chi connectivity index (χ0v) is 10.5. The number of halogens is 1. The Labute approximate surface area is 102 Å². The third-order valence-corrected chi connectivity index (χ3v) is 3.00. The van der Waals surface area contributed by atoms with Crippen LogP contribution in [0.25, 0.3) is 10.8 Å². The predicted molar refractivity (Wildman–Crippen MR) is 71.2 cm³/mol. The van der Waals surface area contributed by atoms with Gasteiger partial charge < -0.3 is 4.90 Å². The first-order chi connectivity index (χ1) is 7.66. The minimum Gasteiger partial charge on any atom is -0.309 e. The van der Waals surface area contributed by atoms with Crippen LogP contribution in [-0.4, -0.2) is 25.5 Å². The SMILES string of the molecule is CN(C)CCc1cccc2ccc(Cl)cc12. The van der Waals surface area contributed by atoms with E-state index in [0.29, 0.717) is 0 Å². The van der Waals surface area contributed by atoms with Crippen LogP contribution in [0, 0.1) is 0 Å². The zero-order chi connectivity index (χ0) is 11.5. The summed E-state index contributed by atoms with van der Waals surface area (Å²) in [5, 5.41) is 3.35. The van der Waals surface area contributed by atoms with Gasteiger partial charge in [-0.1, -0.05) is 35.9 Å². The molecule has 0 saturated carbocycles. The average Bonchev–Trinajstić information content (AvgIpc) is 2.26. The maximum atomic E-state index is 6.04. The second-order valence-electron chi connectivity index (χ2n) is 4.34. The van der Waals surface area contributed by atoms with Crippen LogP contribution in [0.2, 0.25) is 5.02 Å². The molecular weight excluding hydrogens is 218 g/mol. The highest BCUT2D eigenvalue weighted by atomic mass is 35.5. The van der Waals surface area contributed by atoms with E-state index < -0.39 is 0 Å². The molecule has 0 N–H and O–H groups in total. The van der Waals surface area contributed by atoms with Crippen molar-refractivity contribution in [3.63, 3.8) is 0 Å². The smallest absolute Gasteiger partial charge is 0.0412 e. The number of likely N-dealkylation sites (N-methyl/N-ethyl adjacent to an activating group) is 1. The molecule has 0 bridgehead atoms. The van der Waals surface area contributed by atoms with E-state index in [1.807, 2.05) is 6.07 Å². The summed E-state index contributed by atoms with van der Waals surface area (Å²) < 4.78 is 0. The van der Waals surface area contributed by atoms with Crippen molar-refractivity contribution in [1.82, 2.24) is 4.90 Å². The van der Waals surface area contributed by atoms with Gasteiger partial charge >= 0.3 is 0 Å². The molecule has 0 amide bonds. The van der Waals surface area contributed by atoms with Gasteiger partial charge in [-0.3, -0.25) is 0 Å². The molecule has 0 aromatic heterocycles. The number of hydrogen-bond donors (Lipinski definition) is 0. The van der Waals surface area contributed by atoms with Gasteiger partial charge in [0.1, 0.15) is 0 Å². The molecular formula is C14H16ClN. The van der Waals surface area contributed by atoms with Crippen molar-refractivity contribution in [1.29, 1.82) is 0 Å². The van der Waals surface area contributed by atoms with Gasteiger partial charge in [-0.25, -0.2) is 0 Å². The molecule has 2 heteroatoms. The fourth-order valence-corrected chi connectivity index (χ4v) is 2.04. The van der Waals surface area contributed by atoms with Gasteiger partial charge in [-0.15, -0.1) is 0 Å². The molecule has 1 nitrogen and oxygen atoms in total. The van der Waals surface area contributed by atoms with Crippen LogP contribution >= 0.6 is 11.6 Å². The first-order valence-corrected chi connectivity index (χ1v) is 5.86. The summed E-state index contributed by atoms with van der Waals surface area (Å²) in [6, 6.07) is 12.5. The molecule has 0 aliphatic heterocycles. The van der Waals surface area contributed by atoms with E-state index >= 15 is 0 Å². The number of hydrogen-bond acceptors (Lipinski definition) is 1. The first kappa shape index (κ1) is 11.4. The summed E-state index contributed by atoms with van der Waals surface area (Å²) in [6.07, 6.45) is 1.06. The molecule has 0 atom stereocenters. The van der Waals surface area contributed by atoms with Gasteiger partial charge in [0.05, 0.1) is 0 Å². The molecule has 2 aromatic carbocycles. The summed E-state index contributed by atoms with van der Waals surface area (Å²) in [6.45, 7) is 1.06. The van der Waals surface area contributed by atoms with Crippen LogP contribution in [-0.2, 0) is 6.42 Å². The number of nitrogens with zero attached hydrogens (tertiary/aromatic N) is 1. The topological polar surface area (TPSA) is 3.24 Å². The van der Waals surface area contributed by atoms with Crippen molar-refractivity contribution in [3.8, 4) is 0 Å². The van der Waals surface area contributed by atoms with E-state index in [1.165, 1.54) is 16.3 Å². The van der Waals surface area contributed by atoms with Crippen LogP contribution < -0.4 is 0 Å². The Morgan fingerprint density at radius 3 is 2.69 bits per heavy atom. The molecule has 0 fully saturated rings. The molecule has 0 aliphatic rings. The molecule has 0 unspecified atom stereocenters. The Balaban J connectivity index is 2.40. The molecule has 2 aromatic rings. The third kappa shape index (κ3) is 2.55. The summed E-state index contributed by atoms with van der Waals surface area (Å²) >= 11 is 6.04. The minimum absolute atomic E-state index is 0.810. The molecule has 0 radical (unpaired) electrons. The minimum atomic E-state index is 0.810. The van der Waals surface area contributed by atoms with Gasteiger partial charge in [0.25, 0.3) is 0 Å². The van der Waals surface area contributed by atoms with E-state index in [0.717, 1.165) is 18.0 Å². The Kier molecular flexibility index (Phi) is 3.47. The molecule has 0 spiro atoms. The summed E-state index contributed by atoms with van der Waals surface area (Å²) in [5.74, 6) is 0. The van der Waals surface area contributed by atoms with Crippen molar-refractivity contribution in [2.24, 2.45) is 0 Å². The van der Waals surface area contributed by atoms with Crippen LogP contribution in [0.3, 0.4) is 0 Å². The van der Waals surface area contributed by atoms with Crippen LogP contribution in [0.1, 0.15) is 5.56 Å². The van der Waals surface area contributed by atoms with Crippen molar-refractivity contribution < 1.29 is 0 Å². The van der Waals surface area contributed by atoms with Gasteiger partial charge in [0.15, 0.2) is 0 Å². The van der Waals surface area contributed by atoms with Crippen LogP contribution in [0.4, 0.5) is 0 Å². The van der Waals surface area contributed by atoms with E-state index in [4.69, 9.17) is 11.6 Å². The summed E-state index contributed by atoms with van der Waals surface area (Å²) in [4.78, 5) is 2.20. The number of rotatable bonds is 3. The Morgan fingerprint density at radius 2 is 1.94 bits per heavy atom. The highest BCUT2D eigenvalue weighted by molar-refractivity contribution is 6.31. The summed E-state index contributed by atoms with van der Waals surface area (Å²) in [5.41, 5.74) is 1.37. The fraction of sp³-hybridized carbons (Fsp3) is 0.286. The quantitative estimate of drug-likeness (QED) is 0.783. The van der Waals surface area contributed by atoms with Crippen molar-refractivity contribution in [3.05, 3.63) is 47.0 Å². The largest absolute Gasteiger partial charge is 0.309 e. The van der Waals surface area contributed by atoms with E-state index in [2.05, 4.69) is 49.3 Å². The van der Waals surface area contributed by atoms with Gasteiger partial charge in [-0.2, -0.15) is 0 Å². The summed E-state index contributed by atoms with van der Waals surface area (Å²) in [7, 11) is 4.19. The van der Waals surface area contributed by atoms with Crippen LogP contribution in [0.5, 0.6) is 0 Å². The van der Waals surface area contributed by atoms with E-state index in [9.17, 15) is 0 Å². The molecule has 0 heterocycles. The maximum absolute atomic E-state index is 6.04. The van der Waals surface area contributed by atoms with Crippen molar-refractivity contribution >= 4 is 22.4 Å². The lowest BCUT2D eigenvalue weighted by molar-refractivity contribution is 0.414. The highest BCUT2D eigenvalue weighted by Gasteiger charge is 2.02. The molecule has 0 aliphatic carbocycles. The second-order valence-corrected chi connectivity index (χ2v) is 4.77. The Morgan fingerprint density at radius 1 is 1.12 bits per heavy atom. The predicted octanol–water partition coefficient (Wildman–Crippen LogP) is 3.60. The molecule has 2 rings (SSSR count). The zero-order valence-electron chi connectivity index (χ0n) is 9.70. The first-order valence-electron chi connectivity index (χ1n) is 5.49. The highest BCUT2D eigenvalue weighted by Crippen LogP contribution is 2.23. The number of fused-ring (bicyclic) bond motifs is 1. The Bertz CT molecular complexity index is 491. The van der Waals surface area contributed by atoms with E-state index in [-0.39, 0.29) is 0 Å². The standard InChI is InChI=1S/C14H16ClN/c1-16(2)9-8-12-5-3-4-11-6-7-13(15)10-14(11)12/h3-7,10H,8-9H2,1-2H3. The molecule has 84 valence electrons. The lowest BCUT2D eigenvalue weighted by atomic mass is 10.0. The normalized spacial score (nSPS) is 11.2. The molecule has 16 heavy (non-hydrogen) atoms. The van der Waals surface area contributed by atoms with Crippen molar-refractivity contribution in [2.75, 3.05) is 20.6 Å². The van der Waals surface area contributed by atoms with Gasteiger partial charge in [-0.05, 0) is 49.0 Å². The fourth-order valence-electron chi connectivity index (χ4n) is 1.87. The lowest BCUT2D eigenvalue weighted by Gasteiger charge is -2.11. The molecule has 0 saturated heterocycles. The van der Waals surface area contributed by atoms with E-state index in [1.54, 1.807) is 0 Å². The lowest BCUT2D eigenvalue weighted by Crippen LogP contribution is -2.15. The third-order valence-electron chi connectivity index (χ3n) is 2.76. The monoisotopic (exact) mass is 233 g/mol.